The normalized spacial score (nSPS) is 10.7. The molecule has 0 saturated carbocycles. The maximum atomic E-state index is 13.1. The molecule has 0 bridgehead atoms. The average molecular weight is 426 g/mol. The molecule has 144 valence electrons. The van der Waals surface area contributed by atoms with Crippen molar-refractivity contribution in [2.45, 2.75) is 0 Å². The summed E-state index contributed by atoms with van der Waals surface area (Å²) in [5.74, 6) is 0.619. The zero-order chi connectivity index (χ0) is 18.7. The van der Waals surface area contributed by atoms with Crippen LogP contribution in [0.15, 0.2) is 42.5 Å². The zero-order valence-corrected chi connectivity index (χ0v) is 17.7. The molecule has 27 heavy (non-hydrogen) atoms. The number of ether oxygens (including phenoxy) is 1. The summed E-state index contributed by atoms with van der Waals surface area (Å²) in [5.41, 5.74) is 1.32. The highest BCUT2D eigenvalue weighted by Crippen LogP contribution is 2.32. The van der Waals surface area contributed by atoms with E-state index in [-0.39, 0.29) is 18.3 Å². The molecule has 1 amide bonds. The lowest BCUT2D eigenvalue weighted by molar-refractivity contribution is 0.0985. The molecule has 0 fully saturated rings. The van der Waals surface area contributed by atoms with E-state index in [0.717, 1.165) is 22.5 Å². The number of carbonyl (C=O) groups is 1. The molecule has 1 heterocycles. The molecule has 0 aliphatic carbocycles. The third kappa shape index (κ3) is 4.90. The molecule has 5 nitrogen and oxygen atoms in total. The number of fused-ring (bicyclic) bond motifs is 1. The van der Waals surface area contributed by atoms with Gasteiger partial charge in [-0.1, -0.05) is 35.1 Å². The zero-order valence-electron chi connectivity index (χ0n) is 15.3. The SMILES string of the molecule is COc1ccc2nc(N(CCN(C)C)C(=O)c3ccccc3Cl)sc2c1.Cl. The van der Waals surface area contributed by atoms with Gasteiger partial charge >= 0.3 is 0 Å². The first-order chi connectivity index (χ1) is 12.5. The van der Waals surface area contributed by atoms with E-state index in [0.29, 0.717) is 22.3 Å². The van der Waals surface area contributed by atoms with E-state index >= 15 is 0 Å². The van der Waals surface area contributed by atoms with Crippen LogP contribution in [0.4, 0.5) is 5.13 Å². The number of methoxy groups -OCH3 is 1. The van der Waals surface area contributed by atoms with Crippen molar-refractivity contribution in [3.8, 4) is 5.75 Å². The fourth-order valence-corrected chi connectivity index (χ4v) is 3.73. The number of amides is 1. The maximum Gasteiger partial charge on any atom is 0.261 e. The number of rotatable bonds is 6. The van der Waals surface area contributed by atoms with Crippen molar-refractivity contribution in [2.24, 2.45) is 0 Å². The molecule has 0 N–H and O–H groups in total. The predicted octanol–water partition coefficient (Wildman–Crippen LogP) is 4.59. The minimum Gasteiger partial charge on any atom is -0.497 e. The highest BCUT2D eigenvalue weighted by Gasteiger charge is 2.23. The third-order valence-corrected chi connectivity index (χ3v) is 5.31. The lowest BCUT2D eigenvalue weighted by Gasteiger charge is -2.22. The largest absolute Gasteiger partial charge is 0.497 e. The smallest absolute Gasteiger partial charge is 0.261 e. The van der Waals surface area contributed by atoms with E-state index in [9.17, 15) is 4.79 Å². The van der Waals surface area contributed by atoms with Crippen molar-refractivity contribution in [1.29, 1.82) is 0 Å². The van der Waals surface area contributed by atoms with Crippen LogP contribution in [0.5, 0.6) is 5.75 Å². The number of likely N-dealkylation sites (N-methyl/N-ethyl adjacent to an activating group) is 1. The summed E-state index contributed by atoms with van der Waals surface area (Å²) >= 11 is 7.71. The van der Waals surface area contributed by atoms with Crippen molar-refractivity contribution in [3.05, 3.63) is 53.1 Å². The Labute approximate surface area is 173 Å². The quantitative estimate of drug-likeness (QED) is 0.579. The second-order valence-electron chi connectivity index (χ2n) is 6.07. The minimum absolute atomic E-state index is 0. The highest BCUT2D eigenvalue weighted by molar-refractivity contribution is 7.22. The van der Waals surface area contributed by atoms with E-state index < -0.39 is 0 Å². The van der Waals surface area contributed by atoms with Crippen LogP contribution in [-0.4, -0.2) is 50.1 Å². The fourth-order valence-electron chi connectivity index (χ4n) is 2.50. The van der Waals surface area contributed by atoms with Gasteiger partial charge in [-0.3, -0.25) is 9.69 Å². The first-order valence-electron chi connectivity index (χ1n) is 8.15. The number of carbonyl (C=O) groups excluding carboxylic acids is 1. The Kier molecular flexibility index (Phi) is 7.44. The standard InChI is InChI=1S/C19H20ClN3O2S.ClH/c1-22(2)10-11-23(18(24)14-6-4-5-7-15(14)20)19-21-16-9-8-13(25-3)12-17(16)26-19;/h4-9,12H,10-11H2,1-3H3;1H. The van der Waals surface area contributed by atoms with Crippen LogP contribution in [-0.2, 0) is 0 Å². The van der Waals surface area contributed by atoms with Crippen molar-refractivity contribution in [3.63, 3.8) is 0 Å². The van der Waals surface area contributed by atoms with E-state index in [1.807, 2.05) is 49.3 Å². The van der Waals surface area contributed by atoms with Crippen molar-refractivity contribution in [1.82, 2.24) is 9.88 Å². The number of benzene rings is 2. The number of hydrogen-bond acceptors (Lipinski definition) is 5. The van der Waals surface area contributed by atoms with Gasteiger partial charge in [-0.2, -0.15) is 0 Å². The number of anilines is 1. The molecular formula is C19H21Cl2N3O2S. The molecule has 1 aromatic heterocycles. The van der Waals surface area contributed by atoms with Gasteiger partial charge in [0, 0.05) is 13.1 Å². The summed E-state index contributed by atoms with van der Waals surface area (Å²) < 4.78 is 6.25. The topological polar surface area (TPSA) is 45.7 Å². The van der Waals surface area contributed by atoms with E-state index in [2.05, 4.69) is 4.98 Å². The second-order valence-corrected chi connectivity index (χ2v) is 7.49. The molecule has 3 aromatic rings. The van der Waals surface area contributed by atoms with Crippen LogP contribution >= 0.6 is 35.3 Å². The molecule has 8 heteroatoms. The summed E-state index contributed by atoms with van der Waals surface area (Å²) in [4.78, 5) is 21.5. The average Bonchev–Trinajstić information content (AvgIpc) is 3.04. The van der Waals surface area contributed by atoms with Crippen LogP contribution in [0.2, 0.25) is 5.02 Å². The van der Waals surface area contributed by atoms with Crippen LogP contribution in [0, 0.1) is 0 Å². The molecule has 2 aromatic carbocycles. The summed E-state index contributed by atoms with van der Waals surface area (Å²) in [5, 5.41) is 1.09. The Morgan fingerprint density at radius 1 is 1.19 bits per heavy atom. The highest BCUT2D eigenvalue weighted by atomic mass is 35.5. The van der Waals surface area contributed by atoms with Gasteiger partial charge in [0.1, 0.15) is 5.75 Å². The first kappa shape index (κ1) is 21.4. The summed E-state index contributed by atoms with van der Waals surface area (Å²) in [7, 11) is 5.58. The molecule has 0 atom stereocenters. The second kappa shape index (κ2) is 9.37. The van der Waals surface area contributed by atoms with Gasteiger partial charge in [0.25, 0.3) is 5.91 Å². The molecule has 0 spiro atoms. The molecule has 0 aliphatic heterocycles. The van der Waals surface area contributed by atoms with Crippen LogP contribution in [0.1, 0.15) is 10.4 Å². The Hall–Kier alpha value is -1.86. The van der Waals surface area contributed by atoms with Gasteiger partial charge in [0.05, 0.1) is 27.9 Å². The molecule has 0 aliphatic rings. The Morgan fingerprint density at radius 2 is 1.93 bits per heavy atom. The predicted molar refractivity (Wildman–Crippen MR) is 115 cm³/mol. The maximum absolute atomic E-state index is 13.1. The lowest BCUT2D eigenvalue weighted by Crippen LogP contribution is -2.36. The number of halogens is 2. The first-order valence-corrected chi connectivity index (χ1v) is 9.34. The third-order valence-electron chi connectivity index (χ3n) is 3.94. The summed E-state index contributed by atoms with van der Waals surface area (Å²) in [6.45, 7) is 1.24. The van der Waals surface area contributed by atoms with Crippen LogP contribution in [0.25, 0.3) is 10.2 Å². The lowest BCUT2D eigenvalue weighted by atomic mass is 10.2. The summed E-state index contributed by atoms with van der Waals surface area (Å²) in [6.07, 6.45) is 0. The van der Waals surface area contributed by atoms with Crippen molar-refractivity contribution < 1.29 is 9.53 Å². The Morgan fingerprint density at radius 3 is 2.59 bits per heavy atom. The van der Waals surface area contributed by atoms with Crippen molar-refractivity contribution in [2.75, 3.05) is 39.2 Å². The van der Waals surface area contributed by atoms with Crippen LogP contribution < -0.4 is 9.64 Å². The number of nitrogens with zero attached hydrogens (tertiary/aromatic N) is 3. The Balaban J connectivity index is 0.00000261. The minimum atomic E-state index is -0.150. The van der Waals surface area contributed by atoms with Crippen molar-refractivity contribution >= 4 is 56.6 Å². The fraction of sp³-hybridized carbons (Fsp3) is 0.263. The number of thiazole rings is 1. The van der Waals surface area contributed by atoms with Crippen LogP contribution in [0.3, 0.4) is 0 Å². The molecular weight excluding hydrogens is 405 g/mol. The van der Waals surface area contributed by atoms with Gasteiger partial charge in [-0.25, -0.2) is 4.98 Å². The molecule has 3 rings (SSSR count). The van der Waals surface area contributed by atoms with Gasteiger partial charge in [0.2, 0.25) is 0 Å². The molecule has 0 unspecified atom stereocenters. The molecule has 0 radical (unpaired) electrons. The van der Waals surface area contributed by atoms with E-state index in [1.54, 1.807) is 24.1 Å². The Bertz CT molecular complexity index is 930. The summed E-state index contributed by atoms with van der Waals surface area (Å²) in [6, 6.07) is 12.8. The van der Waals surface area contributed by atoms with Gasteiger partial charge < -0.3 is 9.64 Å². The number of hydrogen-bond donors (Lipinski definition) is 0. The number of aromatic nitrogens is 1. The monoisotopic (exact) mass is 425 g/mol. The van der Waals surface area contributed by atoms with E-state index in [1.165, 1.54) is 11.3 Å². The molecule has 0 saturated heterocycles. The van der Waals surface area contributed by atoms with Gasteiger partial charge in [-0.15, -0.1) is 12.4 Å². The van der Waals surface area contributed by atoms with Gasteiger partial charge in [0.15, 0.2) is 5.13 Å². The van der Waals surface area contributed by atoms with E-state index in [4.69, 9.17) is 16.3 Å². The van der Waals surface area contributed by atoms with Gasteiger partial charge in [-0.05, 0) is 44.4 Å².